The lowest BCUT2D eigenvalue weighted by Gasteiger charge is -2.11. The molecule has 2 rings (SSSR count). The van der Waals surface area contributed by atoms with Crippen molar-refractivity contribution in [2.24, 2.45) is 7.05 Å². The van der Waals surface area contributed by atoms with E-state index in [9.17, 15) is 14.1 Å². The molecule has 0 aliphatic carbocycles. The summed E-state index contributed by atoms with van der Waals surface area (Å²) < 4.78 is 12.2. The van der Waals surface area contributed by atoms with Crippen molar-refractivity contribution in [3.05, 3.63) is 41.7 Å². The van der Waals surface area contributed by atoms with Crippen LogP contribution in [-0.2, 0) is 34.8 Å². The lowest BCUT2D eigenvalue weighted by atomic mass is 10.1. The molecule has 1 aromatic heterocycles. The maximum Gasteiger partial charge on any atom is 0.319 e. The third kappa shape index (κ3) is 3.70. The lowest BCUT2D eigenvalue weighted by molar-refractivity contribution is -0.136. The molecule has 0 fully saturated rings. The number of aryl methyl sites for hydroxylation is 1. The van der Waals surface area contributed by atoms with Crippen LogP contribution in [0.25, 0.3) is 0 Å². The molecule has 0 radical (unpaired) electrons. The molecule has 1 aromatic carbocycles. The van der Waals surface area contributed by atoms with E-state index in [2.05, 4.69) is 15.4 Å². The molecule has 1 heterocycles. The van der Waals surface area contributed by atoms with Gasteiger partial charge in [0.1, 0.15) is 5.25 Å². The van der Waals surface area contributed by atoms with E-state index in [4.69, 9.17) is 0 Å². The van der Waals surface area contributed by atoms with E-state index in [0.29, 0.717) is 0 Å². The molecule has 0 amide bonds. The molecule has 0 aliphatic rings. The molecular formula is C12H14N4O3S. The first-order chi connectivity index (χ1) is 9.56. The Kier molecular flexibility index (Phi) is 4.57. The molecule has 20 heavy (non-hydrogen) atoms. The minimum Gasteiger partial charge on any atom is -0.480 e. The van der Waals surface area contributed by atoms with Gasteiger partial charge in [0.2, 0.25) is 0 Å². The van der Waals surface area contributed by atoms with Gasteiger partial charge in [-0.3, -0.25) is 9.00 Å². The Morgan fingerprint density at radius 1 is 1.40 bits per heavy atom. The first-order valence-corrected chi connectivity index (χ1v) is 7.31. The van der Waals surface area contributed by atoms with E-state index in [1.165, 1.54) is 4.80 Å². The maximum absolute atomic E-state index is 12.2. The molecule has 0 spiro atoms. The molecule has 2 atom stereocenters. The van der Waals surface area contributed by atoms with Gasteiger partial charge in [0.05, 0.1) is 12.8 Å². The fraction of sp³-hybridized carbons (Fsp3) is 0.333. The fourth-order valence-corrected chi connectivity index (χ4v) is 2.90. The summed E-state index contributed by atoms with van der Waals surface area (Å²) in [6, 6.07) is 9.12. The first-order valence-electron chi connectivity index (χ1n) is 5.93. The number of aliphatic carboxylic acids is 1. The Balaban J connectivity index is 2.08. The van der Waals surface area contributed by atoms with Crippen molar-refractivity contribution in [1.29, 1.82) is 0 Å². The average Bonchev–Trinajstić information content (AvgIpc) is 2.82. The van der Waals surface area contributed by atoms with Crippen LogP contribution in [0.5, 0.6) is 0 Å². The minimum absolute atomic E-state index is 0.0162. The molecule has 0 aliphatic heterocycles. The number of nitrogens with zero attached hydrogens (tertiary/aromatic N) is 4. The predicted octanol–water partition coefficient (Wildman–Crippen LogP) is 0.155. The highest BCUT2D eigenvalue weighted by Gasteiger charge is 2.26. The third-order valence-electron chi connectivity index (χ3n) is 2.68. The Hall–Kier alpha value is -2.09. The summed E-state index contributed by atoms with van der Waals surface area (Å²) in [7, 11) is -0.00862. The number of hydrogen-bond donors (Lipinski definition) is 1. The van der Waals surface area contributed by atoms with Crippen molar-refractivity contribution in [2.75, 3.05) is 0 Å². The zero-order valence-corrected chi connectivity index (χ0v) is 11.7. The van der Waals surface area contributed by atoms with Gasteiger partial charge in [0.25, 0.3) is 0 Å². The Labute approximate surface area is 118 Å². The van der Waals surface area contributed by atoms with Crippen molar-refractivity contribution in [3.63, 3.8) is 0 Å². The topological polar surface area (TPSA) is 98.0 Å². The highest BCUT2D eigenvalue weighted by molar-refractivity contribution is 7.85. The minimum atomic E-state index is -1.60. The second-order valence-electron chi connectivity index (χ2n) is 4.24. The maximum atomic E-state index is 12.2. The standard InChI is InChI=1S/C12H14N4O3S/c1-16-14-11(13-15-16)8-20(19)10(12(17)18)7-9-5-3-2-4-6-9/h2-6,10H,7-8H2,1H3,(H,17,18). The van der Waals surface area contributed by atoms with Crippen molar-refractivity contribution in [1.82, 2.24) is 20.2 Å². The second-order valence-corrected chi connectivity index (χ2v) is 5.86. The number of hydrogen-bond acceptors (Lipinski definition) is 5. The molecular weight excluding hydrogens is 280 g/mol. The Morgan fingerprint density at radius 2 is 2.10 bits per heavy atom. The van der Waals surface area contributed by atoms with Crippen LogP contribution in [0.2, 0.25) is 0 Å². The van der Waals surface area contributed by atoms with Crippen LogP contribution in [0.15, 0.2) is 30.3 Å². The Bertz CT molecular complexity index is 614. The number of aromatic nitrogens is 4. The molecule has 0 bridgehead atoms. The highest BCUT2D eigenvalue weighted by Crippen LogP contribution is 2.11. The van der Waals surface area contributed by atoms with Crippen LogP contribution in [0.1, 0.15) is 11.4 Å². The molecule has 2 unspecified atom stereocenters. The van der Waals surface area contributed by atoms with E-state index in [1.54, 1.807) is 7.05 Å². The normalized spacial score (nSPS) is 13.8. The fourth-order valence-electron chi connectivity index (χ4n) is 1.73. The van der Waals surface area contributed by atoms with E-state index in [0.717, 1.165) is 5.56 Å². The van der Waals surface area contributed by atoms with E-state index >= 15 is 0 Å². The summed E-state index contributed by atoms with van der Waals surface area (Å²) in [5.74, 6) is -0.821. The molecule has 0 saturated carbocycles. The summed E-state index contributed by atoms with van der Waals surface area (Å²) >= 11 is 0. The smallest absolute Gasteiger partial charge is 0.319 e. The van der Waals surface area contributed by atoms with Crippen molar-refractivity contribution in [3.8, 4) is 0 Å². The van der Waals surface area contributed by atoms with Crippen LogP contribution in [0.4, 0.5) is 0 Å². The number of benzene rings is 1. The first kappa shape index (κ1) is 14.3. The van der Waals surface area contributed by atoms with Gasteiger partial charge in [-0.05, 0) is 17.2 Å². The number of carbonyl (C=O) groups is 1. The van der Waals surface area contributed by atoms with Gasteiger partial charge >= 0.3 is 5.97 Å². The average molecular weight is 294 g/mol. The molecule has 8 heteroatoms. The van der Waals surface area contributed by atoms with Gasteiger partial charge in [0.15, 0.2) is 5.82 Å². The monoisotopic (exact) mass is 294 g/mol. The third-order valence-corrected chi connectivity index (χ3v) is 4.22. The van der Waals surface area contributed by atoms with Crippen LogP contribution in [0.3, 0.4) is 0 Å². The van der Waals surface area contributed by atoms with Gasteiger partial charge in [-0.25, -0.2) is 0 Å². The number of carboxylic acid groups (broad SMARTS) is 1. The van der Waals surface area contributed by atoms with Crippen molar-refractivity contribution >= 4 is 16.8 Å². The number of carboxylic acids is 1. The van der Waals surface area contributed by atoms with Crippen LogP contribution in [-0.4, -0.2) is 40.7 Å². The van der Waals surface area contributed by atoms with Gasteiger partial charge in [-0.1, -0.05) is 30.3 Å². The molecule has 7 nitrogen and oxygen atoms in total. The van der Waals surface area contributed by atoms with Gasteiger partial charge < -0.3 is 5.11 Å². The largest absolute Gasteiger partial charge is 0.480 e. The van der Waals surface area contributed by atoms with Crippen LogP contribution >= 0.6 is 0 Å². The zero-order valence-electron chi connectivity index (χ0n) is 10.8. The molecule has 1 N–H and O–H groups in total. The summed E-state index contributed by atoms with van der Waals surface area (Å²) in [4.78, 5) is 12.5. The zero-order chi connectivity index (χ0) is 14.5. The predicted molar refractivity (Wildman–Crippen MR) is 72.2 cm³/mol. The van der Waals surface area contributed by atoms with Gasteiger partial charge in [0, 0.05) is 10.8 Å². The summed E-state index contributed by atoms with van der Waals surface area (Å²) in [6.45, 7) is 0. The van der Waals surface area contributed by atoms with E-state index in [-0.39, 0.29) is 18.0 Å². The Morgan fingerprint density at radius 3 is 2.65 bits per heavy atom. The summed E-state index contributed by atoms with van der Waals surface area (Å²) in [6.07, 6.45) is 0.211. The summed E-state index contributed by atoms with van der Waals surface area (Å²) in [5, 5.41) is 19.5. The van der Waals surface area contributed by atoms with Crippen molar-refractivity contribution < 1.29 is 14.1 Å². The molecule has 2 aromatic rings. The van der Waals surface area contributed by atoms with Crippen molar-refractivity contribution in [2.45, 2.75) is 17.4 Å². The molecule has 0 saturated heterocycles. The second kappa shape index (κ2) is 6.38. The lowest BCUT2D eigenvalue weighted by Crippen LogP contribution is -2.29. The van der Waals surface area contributed by atoms with Gasteiger partial charge in [-0.2, -0.15) is 4.80 Å². The van der Waals surface area contributed by atoms with Gasteiger partial charge in [-0.15, -0.1) is 10.2 Å². The quantitative estimate of drug-likeness (QED) is 0.814. The highest BCUT2D eigenvalue weighted by atomic mass is 32.2. The van der Waals surface area contributed by atoms with Crippen LogP contribution < -0.4 is 0 Å². The van der Waals surface area contributed by atoms with E-state index < -0.39 is 22.0 Å². The SMILES string of the molecule is Cn1nnc(CS(=O)C(Cc2ccccc2)C(=O)O)n1. The molecule has 106 valence electrons. The van der Waals surface area contributed by atoms with Crippen LogP contribution in [0, 0.1) is 0 Å². The van der Waals surface area contributed by atoms with E-state index in [1.807, 2.05) is 30.3 Å². The number of tetrazole rings is 1. The summed E-state index contributed by atoms with van der Waals surface area (Å²) in [5.41, 5.74) is 0.834. The number of rotatable bonds is 6.